The third kappa shape index (κ3) is 6.27. The second kappa shape index (κ2) is 7.46. The Morgan fingerprint density at radius 2 is 1.75 bits per heavy atom. The zero-order valence-electron chi connectivity index (χ0n) is 10.7. The predicted octanol–water partition coefficient (Wildman–Crippen LogP) is 4.55. The third-order valence-corrected chi connectivity index (χ3v) is 2.80. The molecule has 1 amide bonds. The first kappa shape index (κ1) is 17.5. The molecule has 0 aromatic heterocycles. The lowest BCUT2D eigenvalue weighted by atomic mass is 10.3. The maximum atomic E-state index is 11.5. The molecule has 0 heterocycles. The van der Waals surface area contributed by atoms with E-state index in [0.717, 1.165) is 0 Å². The number of alkyl halides is 3. The van der Waals surface area contributed by atoms with Crippen molar-refractivity contribution >= 4 is 52.5 Å². The van der Waals surface area contributed by atoms with E-state index in [2.05, 4.69) is 5.32 Å². The second-order valence-corrected chi connectivity index (χ2v) is 6.90. The molecule has 1 aromatic carbocycles. The SMILES string of the molecule is CC(C)OC(=O)N[C@H](Oc1ccc(Cl)cc1)C(Cl)(Cl)Cl. The van der Waals surface area contributed by atoms with E-state index in [-0.39, 0.29) is 6.10 Å². The lowest BCUT2D eigenvalue weighted by Gasteiger charge is -2.26. The summed E-state index contributed by atoms with van der Waals surface area (Å²) in [4.78, 5) is 11.5. The number of carbonyl (C=O) groups excluding carboxylic acids is 1. The summed E-state index contributed by atoms with van der Waals surface area (Å²) in [6, 6.07) is 6.39. The topological polar surface area (TPSA) is 47.6 Å². The van der Waals surface area contributed by atoms with Crippen LogP contribution in [0.4, 0.5) is 4.79 Å². The van der Waals surface area contributed by atoms with Crippen LogP contribution >= 0.6 is 46.4 Å². The summed E-state index contributed by atoms with van der Waals surface area (Å²) in [6.45, 7) is 3.40. The van der Waals surface area contributed by atoms with Gasteiger partial charge in [-0.25, -0.2) is 4.79 Å². The van der Waals surface area contributed by atoms with E-state index in [4.69, 9.17) is 55.9 Å². The number of hydrogen-bond donors (Lipinski definition) is 1. The van der Waals surface area contributed by atoms with Crippen molar-refractivity contribution in [1.82, 2.24) is 5.32 Å². The molecule has 1 aromatic rings. The van der Waals surface area contributed by atoms with Gasteiger partial charge in [0.15, 0.2) is 0 Å². The largest absolute Gasteiger partial charge is 0.466 e. The highest BCUT2D eigenvalue weighted by Gasteiger charge is 2.36. The highest BCUT2D eigenvalue weighted by atomic mass is 35.6. The van der Waals surface area contributed by atoms with Crippen molar-refractivity contribution in [2.75, 3.05) is 0 Å². The molecule has 0 bridgehead atoms. The number of halogens is 4. The molecule has 112 valence electrons. The van der Waals surface area contributed by atoms with E-state index in [1.165, 1.54) is 0 Å². The van der Waals surface area contributed by atoms with Crippen molar-refractivity contribution in [3.8, 4) is 5.75 Å². The molecule has 0 fully saturated rings. The van der Waals surface area contributed by atoms with Gasteiger partial charge in [0.1, 0.15) is 5.75 Å². The minimum Gasteiger partial charge on any atom is -0.466 e. The van der Waals surface area contributed by atoms with Crippen molar-refractivity contribution in [1.29, 1.82) is 0 Å². The van der Waals surface area contributed by atoms with Crippen molar-refractivity contribution < 1.29 is 14.3 Å². The molecule has 0 aliphatic rings. The van der Waals surface area contributed by atoms with Gasteiger partial charge in [0, 0.05) is 5.02 Å². The van der Waals surface area contributed by atoms with Crippen LogP contribution in [0.2, 0.25) is 5.02 Å². The Labute approximate surface area is 137 Å². The molecule has 1 N–H and O–H groups in total. The first-order chi connectivity index (χ1) is 9.18. The van der Waals surface area contributed by atoms with Gasteiger partial charge < -0.3 is 9.47 Å². The van der Waals surface area contributed by atoms with Crippen molar-refractivity contribution in [3.05, 3.63) is 29.3 Å². The monoisotopic (exact) mass is 359 g/mol. The number of carbonyl (C=O) groups is 1. The van der Waals surface area contributed by atoms with Crippen LogP contribution in [0.1, 0.15) is 13.8 Å². The Balaban J connectivity index is 2.75. The van der Waals surface area contributed by atoms with E-state index in [1.807, 2.05) is 0 Å². The van der Waals surface area contributed by atoms with Crippen LogP contribution in [0, 0.1) is 0 Å². The molecule has 0 unspecified atom stereocenters. The van der Waals surface area contributed by atoms with Gasteiger partial charge in [0.25, 0.3) is 0 Å². The van der Waals surface area contributed by atoms with Crippen LogP contribution in [0.5, 0.6) is 5.75 Å². The summed E-state index contributed by atoms with van der Waals surface area (Å²) in [5.41, 5.74) is 0. The second-order valence-electron chi connectivity index (χ2n) is 4.09. The number of hydrogen-bond acceptors (Lipinski definition) is 3. The predicted molar refractivity (Wildman–Crippen MR) is 80.9 cm³/mol. The van der Waals surface area contributed by atoms with Crippen molar-refractivity contribution in [3.63, 3.8) is 0 Å². The summed E-state index contributed by atoms with van der Waals surface area (Å²) in [6.07, 6.45) is -2.26. The molecule has 0 spiro atoms. The van der Waals surface area contributed by atoms with Gasteiger partial charge in [0.05, 0.1) is 6.10 Å². The maximum Gasteiger partial charge on any atom is 0.410 e. The molecule has 0 aliphatic heterocycles. The molecular weight excluding hydrogens is 348 g/mol. The van der Waals surface area contributed by atoms with Crippen molar-refractivity contribution in [2.24, 2.45) is 0 Å². The van der Waals surface area contributed by atoms with Gasteiger partial charge in [-0.05, 0) is 38.1 Å². The van der Waals surface area contributed by atoms with Crippen LogP contribution in [0.25, 0.3) is 0 Å². The van der Waals surface area contributed by atoms with E-state index in [1.54, 1.807) is 38.1 Å². The Kier molecular flexibility index (Phi) is 6.52. The van der Waals surface area contributed by atoms with E-state index in [9.17, 15) is 4.79 Å². The van der Waals surface area contributed by atoms with E-state index < -0.39 is 16.1 Å². The molecule has 1 atom stereocenters. The normalized spacial score (nSPS) is 12.9. The Hall–Kier alpha value is -0.550. The molecule has 0 radical (unpaired) electrons. The van der Waals surface area contributed by atoms with Crippen LogP contribution < -0.4 is 10.1 Å². The molecule has 0 saturated carbocycles. The minimum absolute atomic E-state index is 0.304. The fourth-order valence-corrected chi connectivity index (χ4v) is 1.61. The van der Waals surface area contributed by atoms with Crippen LogP contribution in [-0.4, -0.2) is 22.2 Å². The van der Waals surface area contributed by atoms with Gasteiger partial charge in [0.2, 0.25) is 10.0 Å². The third-order valence-electron chi connectivity index (χ3n) is 1.96. The number of rotatable bonds is 4. The Morgan fingerprint density at radius 1 is 1.20 bits per heavy atom. The smallest absolute Gasteiger partial charge is 0.410 e. The highest BCUT2D eigenvalue weighted by molar-refractivity contribution is 6.68. The van der Waals surface area contributed by atoms with E-state index in [0.29, 0.717) is 10.8 Å². The highest BCUT2D eigenvalue weighted by Crippen LogP contribution is 2.32. The van der Waals surface area contributed by atoms with Crippen LogP contribution in [-0.2, 0) is 4.74 Å². The average molecular weight is 361 g/mol. The summed E-state index contributed by atoms with van der Waals surface area (Å²) in [5, 5.41) is 2.88. The summed E-state index contributed by atoms with van der Waals surface area (Å²) in [5.74, 6) is 0.385. The van der Waals surface area contributed by atoms with Gasteiger partial charge in [-0.1, -0.05) is 46.4 Å². The van der Waals surface area contributed by atoms with Gasteiger partial charge in [-0.2, -0.15) is 0 Å². The zero-order valence-corrected chi connectivity index (χ0v) is 13.7. The van der Waals surface area contributed by atoms with Gasteiger partial charge >= 0.3 is 6.09 Å². The Bertz CT molecular complexity index is 445. The standard InChI is InChI=1S/C12H13Cl4NO3/c1-7(2)19-11(18)17-10(12(14,15)16)20-9-5-3-8(13)4-6-9/h3-7,10H,1-2H3,(H,17,18)/t10-/m1/s1. The first-order valence-electron chi connectivity index (χ1n) is 5.64. The van der Waals surface area contributed by atoms with E-state index >= 15 is 0 Å². The van der Waals surface area contributed by atoms with Gasteiger partial charge in [-0.3, -0.25) is 5.32 Å². The maximum absolute atomic E-state index is 11.5. The number of benzene rings is 1. The summed E-state index contributed by atoms with van der Waals surface area (Å²) < 4.78 is 8.46. The molecule has 0 saturated heterocycles. The van der Waals surface area contributed by atoms with Crippen molar-refractivity contribution in [2.45, 2.75) is 30.0 Å². The zero-order chi connectivity index (χ0) is 15.3. The first-order valence-corrected chi connectivity index (χ1v) is 7.15. The molecular formula is C12H13Cl4NO3. The number of alkyl carbamates (subject to hydrolysis) is 1. The van der Waals surface area contributed by atoms with Crippen LogP contribution in [0.15, 0.2) is 24.3 Å². The number of ether oxygens (including phenoxy) is 2. The van der Waals surface area contributed by atoms with Gasteiger partial charge in [-0.15, -0.1) is 0 Å². The summed E-state index contributed by atoms with van der Waals surface area (Å²) in [7, 11) is 0. The molecule has 1 rings (SSSR count). The number of amides is 1. The fourth-order valence-electron chi connectivity index (χ4n) is 1.18. The fraction of sp³-hybridized carbons (Fsp3) is 0.417. The average Bonchev–Trinajstić information content (AvgIpc) is 2.28. The Morgan fingerprint density at radius 3 is 2.20 bits per heavy atom. The minimum atomic E-state index is -1.87. The molecule has 4 nitrogen and oxygen atoms in total. The summed E-state index contributed by atoms with van der Waals surface area (Å²) >= 11 is 23.1. The number of nitrogens with one attached hydrogen (secondary N) is 1. The molecule has 0 aliphatic carbocycles. The quantitative estimate of drug-likeness (QED) is 0.632. The lowest BCUT2D eigenvalue weighted by Crippen LogP contribution is -2.48. The molecule has 8 heteroatoms. The lowest BCUT2D eigenvalue weighted by molar-refractivity contribution is 0.0899. The van der Waals surface area contributed by atoms with Crippen LogP contribution in [0.3, 0.4) is 0 Å². The molecule has 20 heavy (non-hydrogen) atoms.